The summed E-state index contributed by atoms with van der Waals surface area (Å²) in [5.74, 6) is 0. The van der Waals surface area contributed by atoms with Gasteiger partial charge in [0.15, 0.2) is 0 Å². The van der Waals surface area contributed by atoms with E-state index in [2.05, 4.69) is 56.0 Å². The normalized spacial score (nSPS) is 23.7. The first-order valence-corrected chi connectivity index (χ1v) is 8.49. The number of nitrogens with two attached hydrogens (primary N) is 1. The molecule has 0 spiro atoms. The second-order valence-electron chi connectivity index (χ2n) is 6.69. The van der Waals surface area contributed by atoms with Crippen LogP contribution < -0.4 is 5.73 Å². The topological polar surface area (TPSA) is 32.5 Å². The number of aryl methyl sites for hydroxylation is 1. The van der Waals surface area contributed by atoms with Gasteiger partial charge in [0.2, 0.25) is 0 Å². The molecule has 2 unspecified atom stereocenters. The average molecular weight is 295 g/mol. The molecule has 1 aliphatic heterocycles. The van der Waals surface area contributed by atoms with Crippen molar-refractivity contribution in [3.63, 3.8) is 0 Å². The van der Waals surface area contributed by atoms with E-state index in [1.54, 1.807) is 0 Å². The van der Waals surface area contributed by atoms with Crippen LogP contribution >= 0.6 is 11.3 Å². The fourth-order valence-electron chi connectivity index (χ4n) is 3.06. The monoisotopic (exact) mass is 295 g/mol. The van der Waals surface area contributed by atoms with Crippen LogP contribution in [-0.2, 0) is 0 Å². The van der Waals surface area contributed by atoms with Gasteiger partial charge in [0.1, 0.15) is 0 Å². The van der Waals surface area contributed by atoms with Gasteiger partial charge >= 0.3 is 0 Å². The quantitative estimate of drug-likeness (QED) is 0.927. The molecular formula is C16H29N3S. The number of piperazine rings is 1. The molecule has 3 nitrogen and oxygen atoms in total. The van der Waals surface area contributed by atoms with Crippen LogP contribution in [0.15, 0.2) is 11.4 Å². The Bertz CT molecular complexity index is 441. The highest BCUT2D eigenvalue weighted by Gasteiger charge is 2.37. The van der Waals surface area contributed by atoms with Gasteiger partial charge in [0, 0.05) is 36.1 Å². The summed E-state index contributed by atoms with van der Waals surface area (Å²) in [7, 11) is 2.22. The van der Waals surface area contributed by atoms with Crippen molar-refractivity contribution in [2.24, 2.45) is 5.73 Å². The maximum atomic E-state index is 6.48. The van der Waals surface area contributed by atoms with Gasteiger partial charge in [-0.15, -0.1) is 11.3 Å². The first-order valence-electron chi connectivity index (χ1n) is 7.61. The minimum atomic E-state index is 0.214. The fraction of sp³-hybridized carbons (Fsp3) is 0.750. The van der Waals surface area contributed by atoms with Crippen molar-refractivity contribution >= 4 is 11.3 Å². The Balaban J connectivity index is 2.27. The molecule has 0 radical (unpaired) electrons. The van der Waals surface area contributed by atoms with Crippen LogP contribution in [0.25, 0.3) is 0 Å². The second-order valence-corrected chi connectivity index (χ2v) is 7.64. The molecule has 0 amide bonds. The number of rotatable bonds is 4. The van der Waals surface area contributed by atoms with Gasteiger partial charge in [0.25, 0.3) is 0 Å². The van der Waals surface area contributed by atoms with E-state index < -0.39 is 0 Å². The number of hydrogen-bond donors (Lipinski definition) is 1. The minimum Gasteiger partial charge on any atom is -0.326 e. The van der Waals surface area contributed by atoms with Gasteiger partial charge in [-0.3, -0.25) is 9.80 Å². The van der Waals surface area contributed by atoms with Crippen molar-refractivity contribution in [3.8, 4) is 0 Å². The van der Waals surface area contributed by atoms with Gasteiger partial charge in [-0.1, -0.05) is 6.92 Å². The van der Waals surface area contributed by atoms with E-state index in [1.807, 2.05) is 11.3 Å². The molecule has 2 atom stereocenters. The van der Waals surface area contributed by atoms with Crippen LogP contribution in [0.4, 0.5) is 0 Å². The molecule has 0 aromatic carbocycles. The van der Waals surface area contributed by atoms with Crippen LogP contribution in [0.1, 0.15) is 43.7 Å². The van der Waals surface area contributed by atoms with Crippen LogP contribution in [0.2, 0.25) is 0 Å². The van der Waals surface area contributed by atoms with E-state index in [9.17, 15) is 0 Å². The zero-order valence-electron chi connectivity index (χ0n) is 13.5. The zero-order valence-corrected chi connectivity index (χ0v) is 14.3. The number of thiophene rings is 1. The van der Waals surface area contributed by atoms with Gasteiger partial charge in [0.05, 0.1) is 6.04 Å². The van der Waals surface area contributed by atoms with Crippen molar-refractivity contribution < 1.29 is 0 Å². The second kappa shape index (κ2) is 6.14. The lowest BCUT2D eigenvalue weighted by Gasteiger charge is -2.49. The Morgan fingerprint density at radius 3 is 2.60 bits per heavy atom. The summed E-state index contributed by atoms with van der Waals surface area (Å²) in [5, 5.41) is 2.20. The third-order valence-electron chi connectivity index (χ3n) is 4.79. The summed E-state index contributed by atoms with van der Waals surface area (Å²) in [5.41, 5.74) is 8.09. The van der Waals surface area contributed by atoms with E-state index in [1.165, 1.54) is 10.4 Å². The minimum absolute atomic E-state index is 0.214. The lowest BCUT2D eigenvalue weighted by atomic mass is 9.94. The summed E-state index contributed by atoms with van der Waals surface area (Å²) in [6, 6.07) is 2.80. The Morgan fingerprint density at radius 2 is 2.10 bits per heavy atom. The Labute approximate surface area is 127 Å². The van der Waals surface area contributed by atoms with Crippen molar-refractivity contribution in [2.45, 2.75) is 51.7 Å². The summed E-state index contributed by atoms with van der Waals surface area (Å²) >= 11 is 1.86. The van der Waals surface area contributed by atoms with Gasteiger partial charge < -0.3 is 5.73 Å². The first kappa shape index (κ1) is 16.0. The van der Waals surface area contributed by atoms with Crippen molar-refractivity contribution in [1.82, 2.24) is 9.80 Å². The summed E-state index contributed by atoms with van der Waals surface area (Å²) in [6.07, 6.45) is 1.02. The van der Waals surface area contributed by atoms with Gasteiger partial charge in [-0.25, -0.2) is 0 Å². The molecule has 2 heterocycles. The molecular weight excluding hydrogens is 266 g/mol. The molecule has 1 aromatic rings. The Hall–Kier alpha value is -0.420. The van der Waals surface area contributed by atoms with E-state index in [0.717, 1.165) is 26.1 Å². The molecule has 20 heavy (non-hydrogen) atoms. The van der Waals surface area contributed by atoms with Crippen molar-refractivity contribution in [3.05, 3.63) is 21.9 Å². The maximum Gasteiger partial charge on any atom is 0.0597 e. The van der Waals surface area contributed by atoms with Crippen LogP contribution in [0, 0.1) is 6.92 Å². The Kier molecular flexibility index (Phi) is 4.90. The lowest BCUT2D eigenvalue weighted by molar-refractivity contribution is 0.0103. The maximum absolute atomic E-state index is 6.48. The highest BCUT2D eigenvalue weighted by Crippen LogP contribution is 2.34. The summed E-state index contributed by atoms with van der Waals surface area (Å²) in [4.78, 5) is 6.52. The molecule has 1 saturated heterocycles. The molecule has 4 heteroatoms. The third-order valence-corrected chi connectivity index (χ3v) is 5.88. The SMILES string of the molecule is CCC(N)C(c1sccc1C)N1CCN(C)C(C)(C)C1. The number of likely N-dealkylation sites (N-methyl/N-ethyl adjacent to an activating group) is 1. The average Bonchev–Trinajstić information content (AvgIpc) is 2.80. The molecule has 2 rings (SSSR count). The lowest BCUT2D eigenvalue weighted by Crippen LogP contribution is -2.59. The number of nitrogens with zero attached hydrogens (tertiary/aromatic N) is 2. The Morgan fingerprint density at radius 1 is 1.40 bits per heavy atom. The summed E-state index contributed by atoms with van der Waals surface area (Å²) < 4.78 is 0. The predicted octanol–water partition coefficient (Wildman–Crippen LogP) is 2.86. The van der Waals surface area contributed by atoms with Crippen LogP contribution in [-0.4, -0.2) is 48.1 Å². The third kappa shape index (κ3) is 3.08. The van der Waals surface area contributed by atoms with Gasteiger partial charge in [-0.05, 0) is 51.2 Å². The van der Waals surface area contributed by atoms with Crippen molar-refractivity contribution in [2.75, 3.05) is 26.7 Å². The highest BCUT2D eigenvalue weighted by atomic mass is 32.1. The number of hydrogen-bond acceptors (Lipinski definition) is 4. The van der Waals surface area contributed by atoms with Gasteiger partial charge in [-0.2, -0.15) is 0 Å². The molecule has 0 saturated carbocycles. The van der Waals surface area contributed by atoms with E-state index in [4.69, 9.17) is 5.73 Å². The summed E-state index contributed by atoms with van der Waals surface area (Å²) in [6.45, 7) is 12.4. The van der Waals surface area contributed by atoms with Crippen molar-refractivity contribution in [1.29, 1.82) is 0 Å². The molecule has 2 N–H and O–H groups in total. The molecule has 114 valence electrons. The molecule has 0 bridgehead atoms. The molecule has 0 aliphatic carbocycles. The van der Waals surface area contributed by atoms with E-state index >= 15 is 0 Å². The first-order chi connectivity index (χ1) is 9.36. The van der Waals surface area contributed by atoms with Crippen LogP contribution in [0.3, 0.4) is 0 Å². The fourth-order valence-corrected chi connectivity index (χ4v) is 4.19. The highest BCUT2D eigenvalue weighted by molar-refractivity contribution is 7.10. The molecule has 1 aliphatic rings. The predicted molar refractivity (Wildman–Crippen MR) is 88.3 cm³/mol. The molecule has 1 aromatic heterocycles. The smallest absolute Gasteiger partial charge is 0.0597 e. The molecule has 1 fully saturated rings. The van der Waals surface area contributed by atoms with E-state index in [0.29, 0.717) is 6.04 Å². The largest absolute Gasteiger partial charge is 0.326 e. The van der Waals surface area contributed by atoms with Crippen LogP contribution in [0.5, 0.6) is 0 Å². The van der Waals surface area contributed by atoms with E-state index in [-0.39, 0.29) is 11.6 Å². The zero-order chi connectivity index (χ0) is 14.9. The standard InChI is InChI=1S/C16H29N3S/c1-6-13(17)14(15-12(2)7-10-20-15)19-9-8-18(5)16(3,4)11-19/h7,10,13-14H,6,8-9,11,17H2,1-5H3.